The van der Waals surface area contributed by atoms with Crippen molar-refractivity contribution in [1.29, 1.82) is 0 Å². The van der Waals surface area contributed by atoms with E-state index in [-0.39, 0.29) is 12.5 Å². The molecule has 0 atom stereocenters. The van der Waals surface area contributed by atoms with Crippen LogP contribution in [-0.4, -0.2) is 24.1 Å². The number of hydrogen-bond acceptors (Lipinski definition) is 4. The summed E-state index contributed by atoms with van der Waals surface area (Å²) in [6.45, 7) is 1.52. The largest absolute Gasteiger partial charge is 0.463 e. The maximum absolute atomic E-state index is 11.8. The first-order chi connectivity index (χ1) is 10.6. The molecule has 2 N–H and O–H groups in total. The topological polar surface area (TPSA) is 83.7 Å². The molecule has 0 aliphatic carbocycles. The lowest BCUT2D eigenvalue weighted by atomic mass is 10.2. The summed E-state index contributed by atoms with van der Waals surface area (Å²) in [6, 6.07) is 9.82. The van der Waals surface area contributed by atoms with Crippen LogP contribution in [0.4, 0.5) is 0 Å². The van der Waals surface area contributed by atoms with Gasteiger partial charge in [-0.2, -0.15) is 5.10 Å². The van der Waals surface area contributed by atoms with Crippen LogP contribution in [0.2, 0.25) is 5.02 Å². The predicted molar refractivity (Wildman–Crippen MR) is 82.8 cm³/mol. The monoisotopic (exact) mass is 319 g/mol. The molecule has 2 amide bonds. The summed E-state index contributed by atoms with van der Waals surface area (Å²) < 4.78 is 5.13. The normalized spacial score (nSPS) is 11.1. The van der Waals surface area contributed by atoms with E-state index in [1.54, 1.807) is 43.3 Å². The number of carbonyl (C=O) groups excluding carboxylic acids is 2. The number of rotatable bonds is 5. The fourth-order valence-corrected chi connectivity index (χ4v) is 1.72. The first-order valence-electron chi connectivity index (χ1n) is 6.47. The average Bonchev–Trinajstić information content (AvgIpc) is 3.05. The Morgan fingerprint density at radius 2 is 1.95 bits per heavy atom. The summed E-state index contributed by atoms with van der Waals surface area (Å²) in [4.78, 5) is 23.4. The molecular formula is C15H14ClN3O3. The van der Waals surface area contributed by atoms with E-state index in [4.69, 9.17) is 16.0 Å². The van der Waals surface area contributed by atoms with E-state index in [0.29, 0.717) is 22.1 Å². The third-order valence-electron chi connectivity index (χ3n) is 2.74. The van der Waals surface area contributed by atoms with E-state index in [1.807, 2.05) is 0 Å². The Balaban J connectivity index is 1.81. The third-order valence-corrected chi connectivity index (χ3v) is 2.99. The van der Waals surface area contributed by atoms with Gasteiger partial charge >= 0.3 is 0 Å². The van der Waals surface area contributed by atoms with Crippen molar-refractivity contribution in [3.63, 3.8) is 0 Å². The van der Waals surface area contributed by atoms with Gasteiger partial charge in [0.1, 0.15) is 11.5 Å². The van der Waals surface area contributed by atoms with Crippen LogP contribution in [0.15, 0.2) is 52.2 Å². The van der Waals surface area contributed by atoms with Gasteiger partial charge in [-0.15, -0.1) is 0 Å². The number of carbonyl (C=O) groups is 2. The Hall–Kier alpha value is -2.60. The van der Waals surface area contributed by atoms with E-state index in [2.05, 4.69) is 15.8 Å². The van der Waals surface area contributed by atoms with Gasteiger partial charge in [-0.05, 0) is 43.3 Å². The number of amides is 2. The molecule has 0 saturated heterocycles. The summed E-state index contributed by atoms with van der Waals surface area (Å²) in [5.41, 5.74) is 3.29. The Kier molecular flexibility index (Phi) is 5.32. The molecular weight excluding hydrogens is 306 g/mol. The molecule has 0 aliphatic heterocycles. The minimum absolute atomic E-state index is 0.184. The number of hydrogen-bond donors (Lipinski definition) is 2. The van der Waals surface area contributed by atoms with Gasteiger partial charge in [0, 0.05) is 10.6 Å². The molecule has 22 heavy (non-hydrogen) atoms. The van der Waals surface area contributed by atoms with Gasteiger partial charge in [0.2, 0.25) is 0 Å². The number of furan rings is 1. The fourth-order valence-electron chi connectivity index (χ4n) is 1.59. The van der Waals surface area contributed by atoms with Gasteiger partial charge in [-0.3, -0.25) is 9.59 Å². The average molecular weight is 320 g/mol. The Morgan fingerprint density at radius 1 is 1.23 bits per heavy atom. The van der Waals surface area contributed by atoms with Crippen molar-refractivity contribution in [1.82, 2.24) is 10.7 Å². The van der Waals surface area contributed by atoms with Crippen molar-refractivity contribution in [2.75, 3.05) is 6.54 Å². The molecule has 2 rings (SSSR count). The van der Waals surface area contributed by atoms with Crippen molar-refractivity contribution >= 4 is 29.1 Å². The van der Waals surface area contributed by atoms with Gasteiger partial charge in [0.25, 0.3) is 11.8 Å². The van der Waals surface area contributed by atoms with E-state index < -0.39 is 5.91 Å². The highest BCUT2D eigenvalue weighted by Crippen LogP contribution is 2.09. The van der Waals surface area contributed by atoms with Crippen LogP contribution < -0.4 is 10.7 Å². The zero-order valence-electron chi connectivity index (χ0n) is 11.8. The first kappa shape index (κ1) is 15.8. The second-order valence-electron chi connectivity index (χ2n) is 4.40. The maximum atomic E-state index is 11.8. The van der Waals surface area contributed by atoms with Crippen molar-refractivity contribution in [3.8, 4) is 0 Å². The number of halogens is 1. The molecule has 1 heterocycles. The van der Waals surface area contributed by atoms with Gasteiger partial charge in [0.05, 0.1) is 12.8 Å². The summed E-state index contributed by atoms with van der Waals surface area (Å²) in [5.74, 6) is -0.239. The summed E-state index contributed by atoms with van der Waals surface area (Å²) in [7, 11) is 0. The minimum atomic E-state index is -0.437. The second-order valence-corrected chi connectivity index (χ2v) is 4.84. The Morgan fingerprint density at radius 3 is 2.59 bits per heavy atom. The standard InChI is InChI=1S/C15H14ClN3O3/c1-10(13-3-2-8-22-13)18-19-14(20)9-17-15(21)11-4-6-12(16)7-5-11/h2-8H,9H2,1H3,(H,17,21)(H,19,20)/b18-10-. The zero-order valence-corrected chi connectivity index (χ0v) is 12.6. The summed E-state index contributed by atoms with van der Waals surface area (Å²) >= 11 is 5.74. The smallest absolute Gasteiger partial charge is 0.259 e. The lowest BCUT2D eigenvalue weighted by molar-refractivity contribution is -0.120. The van der Waals surface area contributed by atoms with Gasteiger partial charge in [0.15, 0.2) is 0 Å². The van der Waals surface area contributed by atoms with E-state index in [1.165, 1.54) is 6.26 Å². The lowest BCUT2D eigenvalue weighted by Gasteiger charge is -2.04. The first-order valence-corrected chi connectivity index (χ1v) is 6.85. The third kappa shape index (κ3) is 4.46. The highest BCUT2D eigenvalue weighted by molar-refractivity contribution is 6.30. The molecule has 0 unspecified atom stereocenters. The minimum Gasteiger partial charge on any atom is -0.463 e. The maximum Gasteiger partial charge on any atom is 0.259 e. The molecule has 6 nitrogen and oxygen atoms in total. The molecule has 0 saturated carbocycles. The molecule has 2 aromatic rings. The SMILES string of the molecule is C/C(=N/NC(=O)CNC(=O)c1ccc(Cl)cc1)c1ccco1. The quantitative estimate of drug-likeness (QED) is 0.654. The molecule has 114 valence electrons. The van der Waals surface area contributed by atoms with E-state index in [0.717, 1.165) is 0 Å². The van der Waals surface area contributed by atoms with Crippen LogP contribution in [0.3, 0.4) is 0 Å². The number of hydrazone groups is 1. The van der Waals surface area contributed by atoms with E-state index >= 15 is 0 Å². The van der Waals surface area contributed by atoms with Crippen molar-refractivity contribution in [2.45, 2.75) is 6.92 Å². The Bertz CT molecular complexity index is 679. The number of nitrogens with zero attached hydrogens (tertiary/aromatic N) is 1. The fraction of sp³-hybridized carbons (Fsp3) is 0.133. The highest BCUT2D eigenvalue weighted by Gasteiger charge is 2.08. The van der Waals surface area contributed by atoms with Gasteiger partial charge in [-0.1, -0.05) is 11.6 Å². The van der Waals surface area contributed by atoms with Gasteiger partial charge < -0.3 is 9.73 Å². The Labute approximate surface area is 132 Å². The zero-order chi connectivity index (χ0) is 15.9. The van der Waals surface area contributed by atoms with Crippen LogP contribution in [0.1, 0.15) is 23.0 Å². The molecule has 0 fully saturated rings. The molecule has 1 aromatic carbocycles. The molecule has 0 radical (unpaired) electrons. The van der Waals surface area contributed by atoms with Crippen LogP contribution >= 0.6 is 11.6 Å². The van der Waals surface area contributed by atoms with Crippen LogP contribution in [0.25, 0.3) is 0 Å². The second kappa shape index (κ2) is 7.42. The van der Waals surface area contributed by atoms with E-state index in [9.17, 15) is 9.59 Å². The molecule has 0 aliphatic rings. The molecule has 0 bridgehead atoms. The molecule has 1 aromatic heterocycles. The summed E-state index contributed by atoms with van der Waals surface area (Å²) in [6.07, 6.45) is 1.52. The predicted octanol–water partition coefficient (Wildman–Crippen LogP) is 2.20. The highest BCUT2D eigenvalue weighted by atomic mass is 35.5. The summed E-state index contributed by atoms with van der Waals surface area (Å²) in [5, 5.41) is 6.91. The van der Waals surface area contributed by atoms with Crippen molar-refractivity contribution in [2.24, 2.45) is 5.10 Å². The molecule has 7 heteroatoms. The lowest BCUT2D eigenvalue weighted by Crippen LogP contribution is -2.35. The van der Waals surface area contributed by atoms with Crippen LogP contribution in [-0.2, 0) is 4.79 Å². The van der Waals surface area contributed by atoms with Crippen LogP contribution in [0.5, 0.6) is 0 Å². The van der Waals surface area contributed by atoms with Crippen LogP contribution in [0, 0.1) is 0 Å². The number of nitrogens with one attached hydrogen (secondary N) is 2. The van der Waals surface area contributed by atoms with Crippen molar-refractivity contribution < 1.29 is 14.0 Å². The number of benzene rings is 1. The molecule has 0 spiro atoms. The van der Waals surface area contributed by atoms with Gasteiger partial charge in [-0.25, -0.2) is 5.43 Å². The van der Waals surface area contributed by atoms with Crippen molar-refractivity contribution in [3.05, 3.63) is 59.0 Å².